The van der Waals surface area contributed by atoms with Gasteiger partial charge in [-0.2, -0.15) is 0 Å². The first-order valence-electron chi connectivity index (χ1n) is 8.06. The van der Waals surface area contributed by atoms with E-state index in [2.05, 4.69) is 15.6 Å². The smallest absolute Gasteiger partial charge is 0.228 e. The van der Waals surface area contributed by atoms with Gasteiger partial charge in [0, 0.05) is 24.5 Å². The Hall–Kier alpha value is -1.89. The van der Waals surface area contributed by atoms with Gasteiger partial charge in [0.1, 0.15) is 6.61 Å². The summed E-state index contributed by atoms with van der Waals surface area (Å²) in [5.74, 6) is -0.519. The molecule has 8 heteroatoms. The number of aromatic nitrogens is 1. The monoisotopic (exact) mass is 401 g/mol. The highest BCUT2D eigenvalue weighted by Gasteiger charge is 2.21. The van der Waals surface area contributed by atoms with E-state index in [1.165, 1.54) is 12.1 Å². The number of rotatable bonds is 5. The molecule has 1 saturated heterocycles. The van der Waals surface area contributed by atoms with E-state index in [4.69, 9.17) is 4.74 Å². The predicted molar refractivity (Wildman–Crippen MR) is 104 cm³/mol. The molecule has 0 radical (unpaired) electrons. The number of amides is 1. The van der Waals surface area contributed by atoms with Crippen molar-refractivity contribution in [1.82, 2.24) is 10.3 Å². The van der Waals surface area contributed by atoms with E-state index in [9.17, 15) is 9.18 Å². The van der Waals surface area contributed by atoms with Crippen molar-refractivity contribution in [2.45, 2.75) is 19.4 Å². The third-order valence-electron chi connectivity index (χ3n) is 3.97. The molecule has 0 aliphatic carbocycles. The molecule has 1 atom stereocenters. The van der Waals surface area contributed by atoms with Crippen LogP contribution in [0, 0.1) is 11.7 Å². The van der Waals surface area contributed by atoms with Gasteiger partial charge in [-0.3, -0.25) is 9.78 Å². The molecule has 142 valence electrons. The molecule has 26 heavy (non-hydrogen) atoms. The van der Waals surface area contributed by atoms with Gasteiger partial charge >= 0.3 is 0 Å². The maximum atomic E-state index is 14.1. The third kappa shape index (κ3) is 6.12. The maximum absolute atomic E-state index is 14.1. The summed E-state index contributed by atoms with van der Waals surface area (Å²) >= 11 is 0. The summed E-state index contributed by atoms with van der Waals surface area (Å²) in [6.45, 7) is 1.80. The Kier molecular flexibility index (Phi) is 9.34. The van der Waals surface area contributed by atoms with Gasteiger partial charge in [0.15, 0.2) is 11.6 Å². The zero-order chi connectivity index (χ0) is 16.8. The number of hydrogen-bond acceptors (Lipinski definition) is 4. The summed E-state index contributed by atoms with van der Waals surface area (Å²) < 4.78 is 19.6. The molecule has 5 nitrogen and oxygen atoms in total. The molecule has 1 aromatic heterocycles. The summed E-state index contributed by atoms with van der Waals surface area (Å²) in [5.41, 5.74) is 1.16. The van der Waals surface area contributed by atoms with Gasteiger partial charge in [0.2, 0.25) is 5.91 Å². The van der Waals surface area contributed by atoms with Gasteiger partial charge in [0.25, 0.3) is 0 Å². The topological polar surface area (TPSA) is 63.2 Å². The van der Waals surface area contributed by atoms with E-state index in [-0.39, 0.29) is 49.0 Å². The first-order chi connectivity index (χ1) is 11.7. The first kappa shape index (κ1) is 22.2. The second kappa shape index (κ2) is 11.0. The van der Waals surface area contributed by atoms with Crippen LogP contribution in [0.25, 0.3) is 0 Å². The highest BCUT2D eigenvalue weighted by Crippen LogP contribution is 2.23. The largest absolute Gasteiger partial charge is 0.484 e. The van der Waals surface area contributed by atoms with Crippen LogP contribution in [0.1, 0.15) is 18.5 Å². The zero-order valence-electron chi connectivity index (χ0n) is 14.1. The standard InChI is InChI=1S/C18H20FN3O2.2ClH/c19-16-10-14(22-18(23)13-4-3-8-20-11-13)6-7-17(16)24-12-15-5-1-2-9-21-15;;/h1-2,5-7,9-10,13,20H,3-4,8,11-12H2,(H,22,23);2*1H. The van der Waals surface area contributed by atoms with Crippen LogP contribution in [0.5, 0.6) is 5.75 Å². The molecule has 0 spiro atoms. The van der Waals surface area contributed by atoms with E-state index in [1.807, 2.05) is 18.2 Å². The second-order valence-electron chi connectivity index (χ2n) is 5.79. The molecule has 1 aliphatic rings. The first-order valence-corrected chi connectivity index (χ1v) is 8.06. The average molecular weight is 402 g/mol. The molecule has 0 saturated carbocycles. The molecule has 0 bridgehead atoms. The Morgan fingerprint density at radius 1 is 1.31 bits per heavy atom. The van der Waals surface area contributed by atoms with Gasteiger partial charge in [0.05, 0.1) is 11.6 Å². The van der Waals surface area contributed by atoms with Crippen molar-refractivity contribution >= 4 is 36.4 Å². The minimum Gasteiger partial charge on any atom is -0.484 e. The third-order valence-corrected chi connectivity index (χ3v) is 3.97. The summed E-state index contributed by atoms with van der Waals surface area (Å²) in [6.07, 6.45) is 3.49. The molecule has 1 aliphatic heterocycles. The van der Waals surface area contributed by atoms with Crippen molar-refractivity contribution in [3.8, 4) is 5.75 Å². The summed E-state index contributed by atoms with van der Waals surface area (Å²) in [4.78, 5) is 16.3. The molecule has 1 aromatic carbocycles. The van der Waals surface area contributed by atoms with Gasteiger partial charge in [-0.15, -0.1) is 24.8 Å². The fraction of sp³-hybridized carbons (Fsp3) is 0.333. The fourth-order valence-electron chi connectivity index (χ4n) is 2.65. The van der Waals surface area contributed by atoms with Crippen LogP contribution in [-0.2, 0) is 11.4 Å². The summed E-state index contributed by atoms with van der Waals surface area (Å²) in [5, 5.41) is 5.96. The number of anilines is 1. The highest BCUT2D eigenvalue weighted by molar-refractivity contribution is 5.92. The number of carbonyl (C=O) groups is 1. The van der Waals surface area contributed by atoms with Gasteiger partial charge in [-0.05, 0) is 43.7 Å². The number of pyridine rings is 1. The lowest BCUT2D eigenvalue weighted by Gasteiger charge is -2.22. The number of carbonyl (C=O) groups excluding carboxylic acids is 1. The van der Waals surface area contributed by atoms with Crippen molar-refractivity contribution in [2.75, 3.05) is 18.4 Å². The average Bonchev–Trinajstić information content (AvgIpc) is 2.62. The van der Waals surface area contributed by atoms with Gasteiger partial charge < -0.3 is 15.4 Å². The molecule has 1 fully saturated rings. The van der Waals surface area contributed by atoms with Crippen LogP contribution in [0.15, 0.2) is 42.6 Å². The molecule has 1 unspecified atom stereocenters. The maximum Gasteiger partial charge on any atom is 0.228 e. The van der Waals surface area contributed by atoms with E-state index < -0.39 is 5.82 Å². The number of nitrogens with zero attached hydrogens (tertiary/aromatic N) is 1. The van der Waals surface area contributed by atoms with Crippen LogP contribution in [0.2, 0.25) is 0 Å². The Morgan fingerprint density at radius 3 is 2.81 bits per heavy atom. The number of ether oxygens (including phenoxy) is 1. The van der Waals surface area contributed by atoms with E-state index in [0.717, 1.165) is 25.1 Å². The van der Waals surface area contributed by atoms with E-state index in [1.54, 1.807) is 12.3 Å². The number of benzene rings is 1. The molecular weight excluding hydrogens is 380 g/mol. The van der Waals surface area contributed by atoms with Gasteiger partial charge in [-0.1, -0.05) is 6.07 Å². The van der Waals surface area contributed by atoms with Crippen molar-refractivity contribution in [1.29, 1.82) is 0 Å². The number of hydrogen-bond donors (Lipinski definition) is 2. The molecule has 2 aromatic rings. The van der Waals surface area contributed by atoms with Crippen LogP contribution in [-0.4, -0.2) is 24.0 Å². The summed E-state index contributed by atoms with van der Waals surface area (Å²) in [7, 11) is 0. The molecular formula is C18H22Cl2FN3O2. The minimum atomic E-state index is -0.509. The zero-order valence-corrected chi connectivity index (χ0v) is 15.7. The summed E-state index contributed by atoms with van der Waals surface area (Å²) in [6, 6.07) is 9.91. The van der Waals surface area contributed by atoms with Crippen LogP contribution in [0.4, 0.5) is 10.1 Å². The Balaban J connectivity index is 0.00000169. The van der Waals surface area contributed by atoms with Crippen LogP contribution >= 0.6 is 24.8 Å². The lowest BCUT2D eigenvalue weighted by Crippen LogP contribution is -2.37. The fourth-order valence-corrected chi connectivity index (χ4v) is 2.65. The van der Waals surface area contributed by atoms with Crippen molar-refractivity contribution in [3.05, 3.63) is 54.1 Å². The highest BCUT2D eigenvalue weighted by atomic mass is 35.5. The number of halogens is 3. The SMILES string of the molecule is Cl.Cl.O=C(Nc1ccc(OCc2ccccn2)c(F)c1)C1CCCNC1. The van der Waals surface area contributed by atoms with Crippen molar-refractivity contribution in [2.24, 2.45) is 5.92 Å². The molecule has 3 rings (SSSR count). The number of nitrogens with one attached hydrogen (secondary N) is 2. The minimum absolute atomic E-state index is 0. The molecule has 2 heterocycles. The normalized spacial score (nSPS) is 16.0. The van der Waals surface area contributed by atoms with Crippen LogP contribution < -0.4 is 15.4 Å². The van der Waals surface area contributed by atoms with E-state index >= 15 is 0 Å². The quantitative estimate of drug-likeness (QED) is 0.803. The lowest BCUT2D eigenvalue weighted by atomic mass is 9.99. The van der Waals surface area contributed by atoms with Crippen LogP contribution in [0.3, 0.4) is 0 Å². The number of piperidine rings is 1. The predicted octanol–water partition coefficient (Wildman–Crippen LogP) is 3.58. The van der Waals surface area contributed by atoms with Crippen molar-refractivity contribution in [3.63, 3.8) is 0 Å². The Labute approximate surface area is 164 Å². The van der Waals surface area contributed by atoms with E-state index in [0.29, 0.717) is 12.2 Å². The Bertz CT molecular complexity index is 698. The molecule has 1 amide bonds. The second-order valence-corrected chi connectivity index (χ2v) is 5.79. The molecule has 2 N–H and O–H groups in total. The Morgan fingerprint density at radius 2 is 2.15 bits per heavy atom. The van der Waals surface area contributed by atoms with Crippen molar-refractivity contribution < 1.29 is 13.9 Å². The lowest BCUT2D eigenvalue weighted by molar-refractivity contribution is -0.120. The van der Waals surface area contributed by atoms with Gasteiger partial charge in [-0.25, -0.2) is 4.39 Å².